The molecule has 20 heavy (non-hydrogen) atoms. The van der Waals surface area contributed by atoms with Crippen molar-refractivity contribution in [2.45, 2.75) is 24.6 Å². The van der Waals surface area contributed by atoms with Gasteiger partial charge in [0.25, 0.3) is 15.0 Å². The topological polar surface area (TPSA) is 89.3 Å². The maximum absolute atomic E-state index is 11.9. The molecule has 0 unspecified atom stereocenters. The Morgan fingerprint density at radius 2 is 2.15 bits per heavy atom. The largest absolute Gasteiger partial charge is 0.436 e. The summed E-state index contributed by atoms with van der Waals surface area (Å²) in [6, 6.07) is 3.00. The molecule has 0 saturated carbocycles. The zero-order valence-corrected chi connectivity index (χ0v) is 13.0. The summed E-state index contributed by atoms with van der Waals surface area (Å²) in [6.45, 7) is 3.52. The van der Waals surface area contributed by atoms with Crippen LogP contribution in [0.25, 0.3) is 0 Å². The molecule has 1 amide bonds. The minimum Gasteiger partial charge on any atom is -0.436 e. The van der Waals surface area contributed by atoms with E-state index < -0.39 is 15.0 Å². The number of amides is 1. The van der Waals surface area contributed by atoms with E-state index in [2.05, 4.69) is 10.3 Å². The molecule has 108 valence electrons. The van der Waals surface area contributed by atoms with Gasteiger partial charge in [0.15, 0.2) is 5.89 Å². The van der Waals surface area contributed by atoms with Gasteiger partial charge in [-0.1, -0.05) is 0 Å². The summed E-state index contributed by atoms with van der Waals surface area (Å²) in [5.41, 5.74) is 0.509. The van der Waals surface area contributed by atoms with Crippen molar-refractivity contribution < 1.29 is 17.6 Å². The maximum Gasteiger partial charge on any atom is 0.289 e. The summed E-state index contributed by atoms with van der Waals surface area (Å²) in [5.74, 6) is 0.176. The Labute approximate surface area is 124 Å². The Morgan fingerprint density at radius 3 is 2.65 bits per heavy atom. The van der Waals surface area contributed by atoms with Gasteiger partial charge < -0.3 is 9.73 Å². The average Bonchev–Trinajstić information content (AvgIpc) is 2.92. The molecule has 0 atom stereocenters. The molecule has 0 radical (unpaired) electrons. The Kier molecular flexibility index (Phi) is 4.17. The first-order valence-corrected chi connectivity index (χ1v) is 8.65. The number of halogens is 1. The number of nitrogens with zero attached hydrogens (tertiary/aromatic N) is 1. The van der Waals surface area contributed by atoms with E-state index in [9.17, 15) is 13.2 Å². The number of carbonyl (C=O) groups excluding carboxylic acids is 1. The number of oxazole rings is 1. The third kappa shape index (κ3) is 3.38. The summed E-state index contributed by atoms with van der Waals surface area (Å²) < 4.78 is 27.5. The lowest BCUT2D eigenvalue weighted by atomic mass is 10.3. The summed E-state index contributed by atoms with van der Waals surface area (Å²) in [6.07, 6.45) is 0. The summed E-state index contributed by atoms with van der Waals surface area (Å²) in [4.78, 5) is 16.5. The lowest BCUT2D eigenvalue weighted by Gasteiger charge is -2.00. The van der Waals surface area contributed by atoms with Crippen molar-refractivity contribution >= 4 is 37.0 Å². The lowest BCUT2D eigenvalue weighted by molar-refractivity contribution is 0.0921. The van der Waals surface area contributed by atoms with Crippen molar-refractivity contribution in [2.24, 2.45) is 0 Å². The highest BCUT2D eigenvalue weighted by Crippen LogP contribution is 2.24. The van der Waals surface area contributed by atoms with Crippen LogP contribution < -0.4 is 5.32 Å². The van der Waals surface area contributed by atoms with Crippen LogP contribution in [0.1, 0.15) is 27.0 Å². The van der Waals surface area contributed by atoms with E-state index in [4.69, 9.17) is 15.1 Å². The minimum atomic E-state index is -3.73. The number of aryl methyl sites for hydroxylation is 2. The van der Waals surface area contributed by atoms with Crippen LogP contribution in [-0.4, -0.2) is 19.3 Å². The minimum absolute atomic E-state index is 0.0510. The van der Waals surface area contributed by atoms with Crippen molar-refractivity contribution in [2.75, 3.05) is 0 Å². The molecule has 2 rings (SSSR count). The standard InChI is InChI=1S/C11H11ClN2O4S2/c1-6-10(18-7(2)14-6)11(15)13-5-8-3-4-9(19-8)20(12,16)17/h3-4H,5H2,1-2H3,(H,13,15). The molecule has 0 aliphatic carbocycles. The highest BCUT2D eigenvalue weighted by atomic mass is 35.7. The predicted octanol–water partition coefficient (Wildman–Crippen LogP) is 2.21. The van der Waals surface area contributed by atoms with Crippen LogP contribution in [0, 0.1) is 13.8 Å². The van der Waals surface area contributed by atoms with Gasteiger partial charge in [0.2, 0.25) is 5.76 Å². The smallest absolute Gasteiger partial charge is 0.289 e. The van der Waals surface area contributed by atoms with E-state index in [0.29, 0.717) is 16.5 Å². The van der Waals surface area contributed by atoms with Crippen LogP contribution in [0.5, 0.6) is 0 Å². The SMILES string of the molecule is Cc1nc(C)c(C(=O)NCc2ccc(S(=O)(=O)Cl)s2)o1. The van der Waals surface area contributed by atoms with Gasteiger partial charge in [-0.3, -0.25) is 4.79 Å². The Morgan fingerprint density at radius 1 is 1.45 bits per heavy atom. The third-order valence-corrected chi connectivity index (χ3v) is 5.59. The van der Waals surface area contributed by atoms with Gasteiger partial charge in [-0.05, 0) is 19.1 Å². The average molecular weight is 335 g/mol. The first-order chi connectivity index (χ1) is 9.27. The fourth-order valence-corrected chi connectivity index (χ4v) is 3.64. The second kappa shape index (κ2) is 5.55. The molecular formula is C11H11ClN2O4S2. The maximum atomic E-state index is 11.9. The molecule has 1 N–H and O–H groups in total. The molecule has 0 aliphatic heterocycles. The third-order valence-electron chi connectivity index (χ3n) is 2.41. The van der Waals surface area contributed by atoms with Crippen LogP contribution in [0.4, 0.5) is 0 Å². The Hall–Kier alpha value is -1.38. The van der Waals surface area contributed by atoms with Gasteiger partial charge >= 0.3 is 0 Å². The molecule has 2 aromatic rings. The van der Waals surface area contributed by atoms with Gasteiger partial charge in [0.05, 0.1) is 12.2 Å². The number of carbonyl (C=O) groups is 1. The number of rotatable bonds is 4. The monoisotopic (exact) mass is 334 g/mol. The molecule has 9 heteroatoms. The number of hydrogen-bond donors (Lipinski definition) is 1. The van der Waals surface area contributed by atoms with E-state index in [1.165, 1.54) is 6.07 Å². The van der Waals surface area contributed by atoms with Crippen molar-refractivity contribution in [1.29, 1.82) is 0 Å². The quantitative estimate of drug-likeness (QED) is 0.866. The fourth-order valence-electron chi connectivity index (χ4n) is 1.57. The fraction of sp³-hybridized carbons (Fsp3) is 0.273. The summed E-state index contributed by atoms with van der Waals surface area (Å²) in [5, 5.41) is 2.63. The molecular weight excluding hydrogens is 324 g/mol. The van der Waals surface area contributed by atoms with Crippen molar-refractivity contribution in [1.82, 2.24) is 10.3 Å². The zero-order valence-electron chi connectivity index (χ0n) is 10.6. The summed E-state index contributed by atoms with van der Waals surface area (Å²) >= 11 is 1.01. The van der Waals surface area contributed by atoms with Gasteiger partial charge in [-0.15, -0.1) is 11.3 Å². The Bertz CT molecular complexity index is 748. The molecule has 2 aromatic heterocycles. The van der Waals surface area contributed by atoms with E-state index >= 15 is 0 Å². The van der Waals surface area contributed by atoms with Crippen molar-refractivity contribution in [3.8, 4) is 0 Å². The molecule has 0 aromatic carbocycles. The van der Waals surface area contributed by atoms with Crippen molar-refractivity contribution in [3.63, 3.8) is 0 Å². The number of hydrogen-bond acceptors (Lipinski definition) is 6. The summed E-state index contributed by atoms with van der Waals surface area (Å²) in [7, 11) is 1.50. The van der Waals surface area contributed by atoms with Crippen LogP contribution in [0.3, 0.4) is 0 Å². The number of aromatic nitrogens is 1. The van der Waals surface area contributed by atoms with Gasteiger partial charge in [0.1, 0.15) is 4.21 Å². The molecule has 0 bridgehead atoms. The van der Waals surface area contributed by atoms with E-state index in [-0.39, 0.29) is 16.5 Å². The molecule has 0 fully saturated rings. The zero-order chi connectivity index (χ0) is 14.9. The van der Waals surface area contributed by atoms with Crippen LogP contribution in [0.15, 0.2) is 20.8 Å². The van der Waals surface area contributed by atoms with Gasteiger partial charge in [-0.25, -0.2) is 13.4 Å². The number of nitrogens with one attached hydrogen (secondary N) is 1. The molecule has 0 saturated heterocycles. The molecule has 0 aliphatic rings. The van der Waals surface area contributed by atoms with E-state index in [1.54, 1.807) is 19.9 Å². The highest BCUT2D eigenvalue weighted by Gasteiger charge is 2.17. The van der Waals surface area contributed by atoms with Crippen molar-refractivity contribution in [3.05, 3.63) is 34.4 Å². The van der Waals surface area contributed by atoms with Gasteiger partial charge in [-0.2, -0.15) is 0 Å². The van der Waals surface area contributed by atoms with Crippen LogP contribution in [0.2, 0.25) is 0 Å². The first-order valence-electron chi connectivity index (χ1n) is 5.53. The molecule has 6 nitrogen and oxygen atoms in total. The second-order valence-electron chi connectivity index (χ2n) is 3.99. The Balaban J connectivity index is 2.04. The van der Waals surface area contributed by atoms with Gasteiger partial charge in [0, 0.05) is 22.5 Å². The predicted molar refractivity (Wildman–Crippen MR) is 74.5 cm³/mol. The number of thiophene rings is 1. The van der Waals surface area contributed by atoms with Crippen LogP contribution >= 0.6 is 22.0 Å². The molecule has 2 heterocycles. The highest BCUT2D eigenvalue weighted by molar-refractivity contribution is 8.15. The lowest BCUT2D eigenvalue weighted by Crippen LogP contribution is -2.22. The molecule has 0 spiro atoms. The normalized spacial score (nSPS) is 11.6. The first kappa shape index (κ1) is 15.0. The van der Waals surface area contributed by atoms with Crippen LogP contribution in [-0.2, 0) is 15.6 Å². The second-order valence-corrected chi connectivity index (χ2v) is 7.95. The van der Waals surface area contributed by atoms with E-state index in [0.717, 1.165) is 11.3 Å². The van der Waals surface area contributed by atoms with E-state index in [1.807, 2.05) is 0 Å².